The Labute approximate surface area is 144 Å². The van der Waals surface area contributed by atoms with Gasteiger partial charge < -0.3 is 13.9 Å². The third kappa shape index (κ3) is 3.13. The number of benzene rings is 2. The highest BCUT2D eigenvalue weighted by Crippen LogP contribution is 2.31. The Morgan fingerprint density at radius 1 is 1.04 bits per heavy atom. The number of aryl methyl sites for hydroxylation is 1. The number of hydrogen-bond donors (Lipinski definition) is 0. The van der Waals surface area contributed by atoms with Gasteiger partial charge in [0.15, 0.2) is 5.78 Å². The molecular formula is C20H18O5. The van der Waals surface area contributed by atoms with Gasteiger partial charge in [0.25, 0.3) is 0 Å². The number of methoxy groups -OCH3 is 2. The Morgan fingerprint density at radius 3 is 2.36 bits per heavy atom. The van der Waals surface area contributed by atoms with Crippen LogP contribution in [0.1, 0.15) is 28.4 Å². The molecule has 2 aromatic carbocycles. The van der Waals surface area contributed by atoms with Crippen LogP contribution in [0.2, 0.25) is 0 Å². The van der Waals surface area contributed by atoms with Crippen molar-refractivity contribution in [2.24, 2.45) is 0 Å². The summed E-state index contributed by atoms with van der Waals surface area (Å²) in [7, 11) is 3.01. The average Bonchev–Trinajstić information content (AvgIpc) is 2.65. The topological polar surface area (TPSA) is 65.7 Å². The SMILES string of the molecule is CCc1ccc(C(=O)c2cc3c(OC)cc(OC)cc3oc2=O)cc1. The lowest BCUT2D eigenvalue weighted by atomic mass is 10.0. The summed E-state index contributed by atoms with van der Waals surface area (Å²) in [5.41, 5.74) is 1.15. The molecule has 0 unspecified atom stereocenters. The smallest absolute Gasteiger partial charge is 0.347 e. The van der Waals surface area contributed by atoms with Gasteiger partial charge in [-0.2, -0.15) is 0 Å². The van der Waals surface area contributed by atoms with E-state index in [0.29, 0.717) is 28.0 Å². The predicted molar refractivity (Wildman–Crippen MR) is 94.8 cm³/mol. The molecule has 1 heterocycles. The summed E-state index contributed by atoms with van der Waals surface area (Å²) in [6.45, 7) is 2.04. The third-order valence-corrected chi connectivity index (χ3v) is 4.11. The number of rotatable bonds is 5. The molecule has 0 bridgehead atoms. The number of hydrogen-bond acceptors (Lipinski definition) is 5. The van der Waals surface area contributed by atoms with Gasteiger partial charge in [0.1, 0.15) is 22.6 Å². The molecule has 0 atom stereocenters. The number of ketones is 1. The minimum atomic E-state index is -0.688. The van der Waals surface area contributed by atoms with Crippen LogP contribution < -0.4 is 15.1 Å². The summed E-state index contributed by atoms with van der Waals surface area (Å²) < 4.78 is 15.8. The average molecular weight is 338 g/mol. The van der Waals surface area contributed by atoms with Crippen molar-refractivity contribution in [2.75, 3.05) is 14.2 Å². The Hall–Kier alpha value is -3.08. The van der Waals surface area contributed by atoms with Crippen molar-refractivity contribution in [2.45, 2.75) is 13.3 Å². The predicted octanol–water partition coefficient (Wildman–Crippen LogP) is 3.60. The van der Waals surface area contributed by atoms with Gasteiger partial charge >= 0.3 is 5.63 Å². The van der Waals surface area contributed by atoms with Crippen LogP contribution in [0.15, 0.2) is 51.7 Å². The minimum absolute atomic E-state index is 0.0276. The van der Waals surface area contributed by atoms with Crippen LogP contribution in [0.25, 0.3) is 11.0 Å². The van der Waals surface area contributed by atoms with Crippen LogP contribution in [0.3, 0.4) is 0 Å². The molecule has 0 fully saturated rings. The summed E-state index contributed by atoms with van der Waals surface area (Å²) in [5.74, 6) is 0.589. The fourth-order valence-electron chi connectivity index (χ4n) is 2.65. The quantitative estimate of drug-likeness (QED) is 0.525. The van der Waals surface area contributed by atoms with E-state index in [9.17, 15) is 9.59 Å². The first-order valence-corrected chi connectivity index (χ1v) is 7.91. The van der Waals surface area contributed by atoms with Crippen LogP contribution in [0, 0.1) is 0 Å². The fraction of sp³-hybridized carbons (Fsp3) is 0.200. The summed E-state index contributed by atoms with van der Waals surface area (Å²) >= 11 is 0. The maximum Gasteiger partial charge on any atom is 0.347 e. The molecular weight excluding hydrogens is 320 g/mol. The molecule has 25 heavy (non-hydrogen) atoms. The lowest BCUT2D eigenvalue weighted by molar-refractivity contribution is 0.103. The maximum absolute atomic E-state index is 12.7. The summed E-state index contributed by atoms with van der Waals surface area (Å²) in [6.07, 6.45) is 0.881. The molecule has 0 saturated carbocycles. The monoisotopic (exact) mass is 338 g/mol. The highest BCUT2D eigenvalue weighted by atomic mass is 16.5. The van der Waals surface area contributed by atoms with Crippen LogP contribution in [0.5, 0.6) is 11.5 Å². The van der Waals surface area contributed by atoms with Crippen molar-refractivity contribution < 1.29 is 18.7 Å². The molecule has 128 valence electrons. The lowest BCUT2D eigenvalue weighted by Gasteiger charge is -2.09. The van der Waals surface area contributed by atoms with E-state index in [4.69, 9.17) is 13.9 Å². The van der Waals surface area contributed by atoms with E-state index in [1.165, 1.54) is 20.3 Å². The second-order valence-electron chi connectivity index (χ2n) is 5.57. The zero-order valence-corrected chi connectivity index (χ0v) is 14.3. The van der Waals surface area contributed by atoms with E-state index in [2.05, 4.69) is 0 Å². The zero-order chi connectivity index (χ0) is 18.0. The van der Waals surface area contributed by atoms with E-state index in [0.717, 1.165) is 12.0 Å². The molecule has 3 rings (SSSR count). The summed E-state index contributed by atoms with van der Waals surface area (Å²) in [4.78, 5) is 25.0. The first-order valence-electron chi connectivity index (χ1n) is 7.91. The molecule has 0 amide bonds. The molecule has 0 N–H and O–H groups in total. The number of carbonyl (C=O) groups is 1. The van der Waals surface area contributed by atoms with E-state index in [-0.39, 0.29) is 11.3 Å². The van der Waals surface area contributed by atoms with Crippen molar-refractivity contribution in [1.29, 1.82) is 0 Å². The number of carbonyl (C=O) groups excluding carboxylic acids is 1. The standard InChI is InChI=1S/C20H18O5/c1-4-12-5-7-13(8-6-12)19(21)16-11-15-17(24-3)9-14(23-2)10-18(15)25-20(16)22/h5-11H,4H2,1-3H3. The highest BCUT2D eigenvalue weighted by Gasteiger charge is 2.18. The Bertz CT molecular complexity index is 983. The second-order valence-corrected chi connectivity index (χ2v) is 5.57. The van der Waals surface area contributed by atoms with Gasteiger partial charge in [-0.1, -0.05) is 31.2 Å². The number of ether oxygens (including phenoxy) is 2. The molecule has 0 aliphatic carbocycles. The van der Waals surface area contributed by atoms with Crippen LogP contribution in [-0.4, -0.2) is 20.0 Å². The molecule has 1 aromatic heterocycles. The highest BCUT2D eigenvalue weighted by molar-refractivity contribution is 6.10. The van der Waals surface area contributed by atoms with Gasteiger partial charge in [0.05, 0.1) is 19.6 Å². The normalized spacial score (nSPS) is 10.7. The van der Waals surface area contributed by atoms with Crippen molar-refractivity contribution in [3.63, 3.8) is 0 Å². The molecule has 3 aromatic rings. The van der Waals surface area contributed by atoms with E-state index >= 15 is 0 Å². The third-order valence-electron chi connectivity index (χ3n) is 4.11. The summed E-state index contributed by atoms with van der Waals surface area (Å²) in [5, 5.41) is 0.538. The van der Waals surface area contributed by atoms with Gasteiger partial charge in [-0.3, -0.25) is 4.79 Å². The molecule has 0 radical (unpaired) electrons. The molecule has 5 nitrogen and oxygen atoms in total. The number of fused-ring (bicyclic) bond motifs is 1. The largest absolute Gasteiger partial charge is 0.496 e. The fourth-order valence-corrected chi connectivity index (χ4v) is 2.65. The van der Waals surface area contributed by atoms with Gasteiger partial charge in [-0.05, 0) is 18.1 Å². The van der Waals surface area contributed by atoms with Crippen LogP contribution >= 0.6 is 0 Å². The first-order chi connectivity index (χ1) is 12.1. The van der Waals surface area contributed by atoms with Crippen LogP contribution in [-0.2, 0) is 6.42 Å². The van der Waals surface area contributed by atoms with E-state index in [1.807, 2.05) is 19.1 Å². The molecule has 5 heteroatoms. The lowest BCUT2D eigenvalue weighted by Crippen LogP contribution is -2.15. The van der Waals surface area contributed by atoms with Crippen molar-refractivity contribution >= 4 is 16.8 Å². The maximum atomic E-state index is 12.7. The second kappa shape index (κ2) is 6.81. The molecule has 0 saturated heterocycles. The van der Waals surface area contributed by atoms with Gasteiger partial charge in [0, 0.05) is 17.7 Å². The Morgan fingerprint density at radius 2 is 1.76 bits per heavy atom. The van der Waals surface area contributed by atoms with Crippen LogP contribution in [0.4, 0.5) is 0 Å². The zero-order valence-electron chi connectivity index (χ0n) is 14.3. The van der Waals surface area contributed by atoms with Crippen molar-refractivity contribution in [3.05, 3.63) is 69.6 Å². The molecule has 0 spiro atoms. The molecule has 0 aliphatic heterocycles. The van der Waals surface area contributed by atoms with Gasteiger partial charge in [-0.25, -0.2) is 4.79 Å². The minimum Gasteiger partial charge on any atom is -0.496 e. The Kier molecular flexibility index (Phi) is 4.57. The van der Waals surface area contributed by atoms with E-state index in [1.54, 1.807) is 24.3 Å². The van der Waals surface area contributed by atoms with Gasteiger partial charge in [-0.15, -0.1) is 0 Å². The van der Waals surface area contributed by atoms with Crippen molar-refractivity contribution in [3.8, 4) is 11.5 Å². The molecule has 0 aliphatic rings. The van der Waals surface area contributed by atoms with E-state index < -0.39 is 5.63 Å². The van der Waals surface area contributed by atoms with Crippen molar-refractivity contribution in [1.82, 2.24) is 0 Å². The summed E-state index contributed by atoms with van der Waals surface area (Å²) in [6, 6.07) is 12.0. The first kappa shape index (κ1) is 16.8. The Balaban J connectivity index is 2.13. The van der Waals surface area contributed by atoms with Gasteiger partial charge in [0.2, 0.25) is 0 Å².